The van der Waals surface area contributed by atoms with Crippen LogP contribution in [0.2, 0.25) is 0 Å². The minimum Gasteiger partial charge on any atom is -0.497 e. The number of carboxylic acids is 1. The van der Waals surface area contributed by atoms with Gasteiger partial charge in [0.05, 0.1) is 25.0 Å². The van der Waals surface area contributed by atoms with Gasteiger partial charge in [-0.25, -0.2) is 4.79 Å². The molecule has 8 aromatic carbocycles. The molecule has 0 saturated carbocycles. The standard InChI is InChI=1S/C90H106N2O4/c1-7-11-15-19-23-27-31-67-35-44-73(45-36-67)89(74-46-37-68(38-47-74)32-28-24-20-16-12-8-2)84-61-43-71(63-72(66-91)88(93)94)64-82(84)86-87(89)83-65-79(92(77-52-57-80(95-5)58-53-77)78-54-59-81(96-6)60-55-78)56-62-85(83)90(86,75-48-39-69(40-49-75)33-29-25-21-17-13-9-3)76-50-41-70(42-51-76)34-30-26-22-18-14-10-4/h35-65H,7-34H2,1-6H3,(H,93,94)/b72-63-. The van der Waals surface area contributed by atoms with Gasteiger partial charge in [0.15, 0.2) is 0 Å². The predicted molar refractivity (Wildman–Crippen MR) is 403 cm³/mol. The van der Waals surface area contributed by atoms with Crippen LogP contribution in [0.15, 0.2) is 188 Å². The highest BCUT2D eigenvalue weighted by Crippen LogP contribution is 2.70. The van der Waals surface area contributed by atoms with Crippen molar-refractivity contribution in [2.75, 3.05) is 19.1 Å². The Morgan fingerprint density at radius 2 is 0.698 bits per heavy atom. The van der Waals surface area contributed by atoms with Crippen LogP contribution < -0.4 is 14.4 Å². The summed E-state index contributed by atoms with van der Waals surface area (Å²) < 4.78 is 11.6. The molecule has 1 N–H and O–H groups in total. The fourth-order valence-corrected chi connectivity index (χ4v) is 15.6. The lowest BCUT2D eigenvalue weighted by molar-refractivity contribution is -0.132. The lowest BCUT2D eigenvalue weighted by Crippen LogP contribution is -2.31. The van der Waals surface area contributed by atoms with E-state index in [0.717, 1.165) is 96.6 Å². The Hall–Kier alpha value is -8.40. The molecule has 500 valence electrons. The number of benzene rings is 8. The normalized spacial score (nSPS) is 13.5. The van der Waals surface area contributed by atoms with E-state index in [0.29, 0.717) is 5.56 Å². The Morgan fingerprint density at radius 3 is 1.01 bits per heavy atom. The van der Waals surface area contributed by atoms with E-state index in [9.17, 15) is 15.2 Å². The quantitative estimate of drug-likeness (QED) is 0.0235. The van der Waals surface area contributed by atoms with Crippen molar-refractivity contribution < 1.29 is 19.4 Å². The smallest absolute Gasteiger partial charge is 0.346 e. The molecule has 0 amide bonds. The zero-order valence-electron chi connectivity index (χ0n) is 58.8. The number of fused-ring (bicyclic) bond motifs is 4. The summed E-state index contributed by atoms with van der Waals surface area (Å²) in [5.74, 6) is 0.314. The van der Waals surface area contributed by atoms with Gasteiger partial charge in [-0.1, -0.05) is 271 Å². The molecule has 96 heavy (non-hydrogen) atoms. The van der Waals surface area contributed by atoms with Gasteiger partial charge in [0.1, 0.15) is 23.1 Å². The van der Waals surface area contributed by atoms with Crippen molar-refractivity contribution in [2.24, 2.45) is 0 Å². The highest BCUT2D eigenvalue weighted by atomic mass is 16.5. The number of anilines is 3. The van der Waals surface area contributed by atoms with E-state index in [4.69, 9.17) is 9.47 Å². The minimum absolute atomic E-state index is 0.306. The van der Waals surface area contributed by atoms with Crippen molar-refractivity contribution in [2.45, 2.75) is 218 Å². The Morgan fingerprint density at radius 1 is 0.396 bits per heavy atom. The number of carboxylic acid groups (broad SMARTS) is 1. The van der Waals surface area contributed by atoms with Crippen molar-refractivity contribution in [3.05, 3.63) is 260 Å². The maximum Gasteiger partial charge on any atom is 0.346 e. The molecule has 0 unspecified atom stereocenters. The number of aryl methyl sites for hydroxylation is 4. The molecule has 0 aliphatic heterocycles. The zero-order valence-corrected chi connectivity index (χ0v) is 58.8. The van der Waals surface area contributed by atoms with Crippen LogP contribution in [-0.2, 0) is 41.3 Å². The molecule has 0 atom stereocenters. The molecule has 8 aromatic rings. The number of carbonyl (C=O) groups is 1. The Kier molecular flexibility index (Phi) is 25.7. The van der Waals surface area contributed by atoms with Crippen LogP contribution in [0.25, 0.3) is 17.2 Å². The van der Waals surface area contributed by atoms with E-state index >= 15 is 0 Å². The number of nitriles is 1. The van der Waals surface area contributed by atoms with E-state index in [1.807, 2.05) is 30.3 Å². The highest BCUT2D eigenvalue weighted by molar-refractivity contribution is 6.16. The monoisotopic (exact) mass is 1280 g/mol. The summed E-state index contributed by atoms with van der Waals surface area (Å²) in [5.41, 5.74) is 18.4. The Bertz CT molecular complexity index is 3700. The van der Waals surface area contributed by atoms with Gasteiger partial charge in [-0.2, -0.15) is 5.26 Å². The van der Waals surface area contributed by atoms with Gasteiger partial charge < -0.3 is 19.5 Å². The average Bonchev–Trinajstić information content (AvgIpc) is 1.48. The summed E-state index contributed by atoms with van der Waals surface area (Å²) >= 11 is 0. The van der Waals surface area contributed by atoms with Crippen LogP contribution in [0, 0.1) is 11.3 Å². The number of ether oxygens (including phenoxy) is 2. The van der Waals surface area contributed by atoms with Crippen molar-refractivity contribution >= 4 is 40.3 Å². The number of unbranched alkanes of at least 4 members (excludes halogenated alkanes) is 20. The van der Waals surface area contributed by atoms with Crippen LogP contribution in [0.3, 0.4) is 0 Å². The molecule has 0 saturated heterocycles. The molecular formula is C90H106N2O4. The molecule has 6 heteroatoms. The van der Waals surface area contributed by atoms with Crippen molar-refractivity contribution in [3.8, 4) is 17.6 Å². The van der Waals surface area contributed by atoms with Gasteiger partial charge in [-0.05, 0) is 208 Å². The second-order valence-electron chi connectivity index (χ2n) is 27.4. The third-order valence-corrected chi connectivity index (χ3v) is 20.8. The van der Waals surface area contributed by atoms with E-state index in [1.54, 1.807) is 20.3 Å². The molecule has 10 rings (SSSR count). The first-order valence-corrected chi connectivity index (χ1v) is 37.0. The first-order valence-electron chi connectivity index (χ1n) is 37.0. The maximum atomic E-state index is 12.9. The third-order valence-electron chi connectivity index (χ3n) is 20.8. The summed E-state index contributed by atoms with van der Waals surface area (Å²) in [6.45, 7) is 9.14. The first kappa shape index (κ1) is 70.4. The fraction of sp³-hybridized carbons (Fsp3) is 0.400. The minimum atomic E-state index is -1.25. The topological polar surface area (TPSA) is 82.8 Å². The second-order valence-corrected chi connectivity index (χ2v) is 27.4. The fourth-order valence-electron chi connectivity index (χ4n) is 15.6. The zero-order chi connectivity index (χ0) is 67.1. The third kappa shape index (κ3) is 16.0. The number of hydrogen-bond acceptors (Lipinski definition) is 5. The summed E-state index contributed by atoms with van der Waals surface area (Å²) in [4.78, 5) is 15.2. The van der Waals surface area contributed by atoms with Gasteiger partial charge in [-0.3, -0.25) is 0 Å². The van der Waals surface area contributed by atoms with Crippen LogP contribution >= 0.6 is 0 Å². The second kappa shape index (κ2) is 35.0. The largest absolute Gasteiger partial charge is 0.497 e. The summed E-state index contributed by atoms with van der Waals surface area (Å²) in [6, 6.07) is 71.2. The molecule has 0 aromatic heterocycles. The van der Waals surface area contributed by atoms with Gasteiger partial charge >= 0.3 is 5.97 Å². The number of aliphatic carboxylic acids is 1. The number of rotatable bonds is 39. The summed E-state index contributed by atoms with van der Waals surface area (Å²) in [7, 11) is 3.43. The van der Waals surface area contributed by atoms with E-state index in [1.165, 1.54) is 190 Å². The Balaban J connectivity index is 1.29. The van der Waals surface area contributed by atoms with Gasteiger partial charge in [0.2, 0.25) is 0 Å². The number of hydrogen-bond donors (Lipinski definition) is 1. The number of allylic oxidation sites excluding steroid dienone is 2. The summed E-state index contributed by atoms with van der Waals surface area (Å²) in [5, 5.41) is 21.0. The van der Waals surface area contributed by atoms with Gasteiger partial charge in [-0.15, -0.1) is 0 Å². The summed E-state index contributed by atoms with van der Waals surface area (Å²) in [6.07, 6.45) is 35.4. The van der Waals surface area contributed by atoms with E-state index in [-0.39, 0.29) is 5.57 Å². The number of nitrogens with zero attached hydrogens (tertiary/aromatic N) is 2. The molecule has 0 radical (unpaired) electrons. The highest BCUT2D eigenvalue weighted by Gasteiger charge is 2.59. The predicted octanol–water partition coefficient (Wildman–Crippen LogP) is 24.4. The first-order chi connectivity index (χ1) is 47.2. The molecule has 2 aliphatic carbocycles. The van der Waals surface area contributed by atoms with Crippen molar-refractivity contribution in [1.82, 2.24) is 0 Å². The SMILES string of the molecule is CCCCCCCCc1ccc(C2(c3ccc(CCCCCCCC)cc3)C3=C(c4cc(/C=C(/C#N)C(=O)O)ccc42)C(c2ccc(CCCCCCCC)cc2)(c2ccc(CCCCCCCC)cc2)c2ccc(N(c4ccc(OC)cc4)c4ccc(OC)cc4)cc23)cc1. The van der Waals surface area contributed by atoms with Crippen molar-refractivity contribution in [1.29, 1.82) is 5.26 Å². The van der Waals surface area contributed by atoms with Gasteiger partial charge in [0, 0.05) is 17.1 Å². The van der Waals surface area contributed by atoms with Crippen LogP contribution in [0.1, 0.15) is 254 Å². The molecule has 0 spiro atoms. The van der Waals surface area contributed by atoms with Gasteiger partial charge in [0.25, 0.3) is 0 Å². The molecule has 6 nitrogen and oxygen atoms in total. The lowest BCUT2D eigenvalue weighted by Gasteiger charge is -2.38. The van der Waals surface area contributed by atoms with E-state index < -0.39 is 16.8 Å². The molecular weight excluding hydrogens is 1170 g/mol. The molecule has 0 fully saturated rings. The Labute approximate surface area is 576 Å². The van der Waals surface area contributed by atoms with Crippen molar-refractivity contribution in [3.63, 3.8) is 0 Å². The molecule has 0 heterocycles. The average molecular weight is 1280 g/mol. The van der Waals surface area contributed by atoms with Crippen LogP contribution in [0.4, 0.5) is 17.1 Å². The molecule has 0 bridgehead atoms. The van der Waals surface area contributed by atoms with E-state index in [2.05, 4.69) is 190 Å². The van der Waals surface area contributed by atoms with Crippen LogP contribution in [0.5, 0.6) is 11.5 Å². The molecule has 2 aliphatic rings. The van der Waals surface area contributed by atoms with Crippen LogP contribution in [-0.4, -0.2) is 25.3 Å². The maximum absolute atomic E-state index is 12.9. The number of methoxy groups -OCH3 is 2. The lowest BCUT2D eigenvalue weighted by atomic mass is 9.63.